The molecule has 1 heterocycles. The average Bonchev–Trinajstić information content (AvgIpc) is 2.11. The fraction of sp³-hybridized carbons (Fsp3) is 0.375. The summed E-state index contributed by atoms with van der Waals surface area (Å²) >= 11 is 1.14. The molecule has 0 N–H and O–H groups in total. The number of nitrogens with zero attached hydrogens (tertiary/aromatic N) is 1. The standard InChI is InChI=1S/C8H2F8INO/c9-6(10)3-2(17)1-18-5(7(11,12)13)4(3)19-8(14,15)16/h1,6H. The van der Waals surface area contributed by atoms with Gasteiger partial charge in [-0.3, -0.25) is 0 Å². The summed E-state index contributed by atoms with van der Waals surface area (Å²) in [5.74, 6) is -2.03. The maximum absolute atomic E-state index is 12.6. The van der Waals surface area contributed by atoms with Crippen molar-refractivity contribution in [3.8, 4) is 5.75 Å². The van der Waals surface area contributed by atoms with Crippen LogP contribution < -0.4 is 4.74 Å². The first-order chi connectivity index (χ1) is 8.43. The Balaban J connectivity index is 3.54. The third-order valence-electron chi connectivity index (χ3n) is 1.73. The lowest BCUT2D eigenvalue weighted by Gasteiger charge is -2.18. The summed E-state index contributed by atoms with van der Waals surface area (Å²) in [6, 6.07) is 0. The van der Waals surface area contributed by atoms with Crippen molar-refractivity contribution in [1.82, 2.24) is 4.98 Å². The molecule has 1 aromatic rings. The van der Waals surface area contributed by atoms with Crippen LogP contribution in [0.15, 0.2) is 6.20 Å². The molecular formula is C8H2F8INO. The largest absolute Gasteiger partial charge is 0.573 e. The monoisotopic (exact) mass is 407 g/mol. The fourth-order valence-electron chi connectivity index (χ4n) is 1.11. The summed E-state index contributed by atoms with van der Waals surface area (Å²) in [6.07, 6.45) is -14.1. The molecule has 0 atom stereocenters. The van der Waals surface area contributed by atoms with Crippen LogP contribution in [0.25, 0.3) is 0 Å². The third-order valence-corrected chi connectivity index (χ3v) is 2.59. The van der Waals surface area contributed by atoms with Gasteiger partial charge in [-0.15, -0.1) is 13.2 Å². The molecule has 0 aliphatic rings. The predicted octanol–water partition coefficient (Wildman–Crippen LogP) is 4.54. The van der Waals surface area contributed by atoms with Gasteiger partial charge in [0.2, 0.25) is 0 Å². The van der Waals surface area contributed by atoms with Crippen LogP contribution in [0.3, 0.4) is 0 Å². The molecule has 0 bridgehead atoms. The van der Waals surface area contributed by atoms with Crippen LogP contribution in [-0.4, -0.2) is 11.3 Å². The SMILES string of the molecule is FC(F)c1c(I)cnc(C(F)(F)F)c1OC(F)(F)F. The Morgan fingerprint density at radius 3 is 2.00 bits per heavy atom. The lowest BCUT2D eigenvalue weighted by Crippen LogP contribution is -2.23. The molecule has 0 aromatic carbocycles. The van der Waals surface area contributed by atoms with Gasteiger partial charge in [0.05, 0.1) is 5.56 Å². The zero-order valence-corrected chi connectivity index (χ0v) is 10.6. The molecular weight excluding hydrogens is 405 g/mol. The molecule has 0 aliphatic carbocycles. The molecule has 0 unspecified atom stereocenters. The lowest BCUT2D eigenvalue weighted by atomic mass is 10.2. The van der Waals surface area contributed by atoms with Gasteiger partial charge in [0, 0.05) is 9.77 Å². The van der Waals surface area contributed by atoms with E-state index in [9.17, 15) is 35.1 Å². The van der Waals surface area contributed by atoms with Crippen molar-refractivity contribution in [1.29, 1.82) is 0 Å². The van der Waals surface area contributed by atoms with Crippen molar-refractivity contribution < 1.29 is 39.9 Å². The lowest BCUT2D eigenvalue weighted by molar-refractivity contribution is -0.277. The van der Waals surface area contributed by atoms with Crippen LogP contribution in [0.1, 0.15) is 17.7 Å². The first kappa shape index (κ1) is 16.2. The van der Waals surface area contributed by atoms with Gasteiger partial charge in [-0.25, -0.2) is 13.8 Å². The highest BCUT2D eigenvalue weighted by molar-refractivity contribution is 14.1. The van der Waals surface area contributed by atoms with E-state index < -0.39 is 39.5 Å². The summed E-state index contributed by atoms with van der Waals surface area (Å²) < 4.78 is 101. The summed E-state index contributed by atoms with van der Waals surface area (Å²) in [6.45, 7) is 0. The van der Waals surface area contributed by atoms with Crippen LogP contribution in [0.5, 0.6) is 5.75 Å². The summed E-state index contributed by atoms with van der Waals surface area (Å²) in [4.78, 5) is 2.69. The number of alkyl halides is 8. The molecule has 0 fully saturated rings. The van der Waals surface area contributed by atoms with Crippen LogP contribution in [0.4, 0.5) is 35.1 Å². The van der Waals surface area contributed by atoms with Crippen LogP contribution in [0, 0.1) is 3.57 Å². The number of ether oxygens (including phenoxy) is 1. The number of pyridine rings is 1. The zero-order valence-electron chi connectivity index (χ0n) is 8.41. The van der Waals surface area contributed by atoms with Gasteiger partial charge < -0.3 is 4.74 Å². The molecule has 0 saturated carbocycles. The number of hydrogen-bond acceptors (Lipinski definition) is 2. The third kappa shape index (κ3) is 4.04. The molecule has 1 rings (SSSR count). The summed E-state index contributed by atoms with van der Waals surface area (Å²) in [7, 11) is 0. The number of hydrogen-bond donors (Lipinski definition) is 0. The van der Waals surface area contributed by atoms with Crippen LogP contribution in [0.2, 0.25) is 0 Å². The minimum absolute atomic E-state index is 0.397. The van der Waals surface area contributed by atoms with Crippen molar-refractivity contribution in [3.05, 3.63) is 21.0 Å². The maximum atomic E-state index is 12.6. The molecule has 0 aliphatic heterocycles. The van der Waals surface area contributed by atoms with E-state index in [1.807, 2.05) is 0 Å². The van der Waals surface area contributed by atoms with Crippen molar-refractivity contribution in [2.75, 3.05) is 0 Å². The van der Waals surface area contributed by atoms with E-state index >= 15 is 0 Å². The zero-order chi connectivity index (χ0) is 15.0. The van der Waals surface area contributed by atoms with Gasteiger partial charge in [-0.05, 0) is 22.6 Å². The summed E-state index contributed by atoms with van der Waals surface area (Å²) in [5, 5.41) is 0. The molecule has 19 heavy (non-hydrogen) atoms. The average molecular weight is 407 g/mol. The van der Waals surface area contributed by atoms with Crippen molar-refractivity contribution in [3.63, 3.8) is 0 Å². The van der Waals surface area contributed by atoms with Crippen molar-refractivity contribution in [2.45, 2.75) is 19.0 Å². The highest BCUT2D eigenvalue weighted by Crippen LogP contribution is 2.43. The van der Waals surface area contributed by atoms with E-state index in [0.717, 1.165) is 22.6 Å². The number of aromatic nitrogens is 1. The van der Waals surface area contributed by atoms with E-state index in [0.29, 0.717) is 6.20 Å². The van der Waals surface area contributed by atoms with E-state index in [1.165, 1.54) is 0 Å². The molecule has 0 spiro atoms. The maximum Gasteiger partial charge on any atom is 0.573 e. The number of rotatable bonds is 2. The Bertz CT molecular complexity index is 469. The van der Waals surface area contributed by atoms with Gasteiger partial charge in [-0.2, -0.15) is 13.2 Å². The Kier molecular flexibility index (Phi) is 4.47. The molecule has 2 nitrogen and oxygen atoms in total. The quantitative estimate of drug-likeness (QED) is 0.531. The van der Waals surface area contributed by atoms with Crippen molar-refractivity contribution in [2.24, 2.45) is 0 Å². The second-order valence-corrected chi connectivity index (χ2v) is 4.21. The second kappa shape index (κ2) is 5.25. The van der Waals surface area contributed by atoms with E-state index in [-0.39, 0.29) is 0 Å². The van der Waals surface area contributed by atoms with Crippen LogP contribution >= 0.6 is 22.6 Å². The van der Waals surface area contributed by atoms with Gasteiger partial charge in [0.15, 0.2) is 11.4 Å². The van der Waals surface area contributed by atoms with Crippen molar-refractivity contribution >= 4 is 22.6 Å². The van der Waals surface area contributed by atoms with Gasteiger partial charge in [0.25, 0.3) is 6.43 Å². The predicted molar refractivity (Wildman–Crippen MR) is 53.6 cm³/mol. The summed E-state index contributed by atoms with van der Waals surface area (Å²) in [5.41, 5.74) is -3.65. The Morgan fingerprint density at radius 1 is 1.11 bits per heavy atom. The van der Waals surface area contributed by atoms with E-state index in [4.69, 9.17) is 0 Å². The fourth-order valence-corrected chi connectivity index (χ4v) is 1.73. The van der Waals surface area contributed by atoms with Gasteiger partial charge in [0.1, 0.15) is 0 Å². The van der Waals surface area contributed by atoms with Gasteiger partial charge in [-0.1, -0.05) is 0 Å². The Labute approximate surface area is 113 Å². The first-order valence-electron chi connectivity index (χ1n) is 4.23. The number of halogens is 9. The minimum Gasteiger partial charge on any atom is -0.403 e. The Hall–Kier alpha value is -0.880. The van der Waals surface area contributed by atoms with Gasteiger partial charge >= 0.3 is 12.5 Å². The second-order valence-electron chi connectivity index (χ2n) is 3.04. The first-order valence-corrected chi connectivity index (χ1v) is 5.31. The highest BCUT2D eigenvalue weighted by atomic mass is 127. The molecule has 108 valence electrons. The minimum atomic E-state index is -5.55. The molecule has 11 heteroatoms. The normalized spacial score (nSPS) is 12.9. The highest BCUT2D eigenvalue weighted by Gasteiger charge is 2.43. The molecule has 1 aromatic heterocycles. The molecule has 0 saturated heterocycles. The topological polar surface area (TPSA) is 22.1 Å². The van der Waals surface area contributed by atoms with Crippen LogP contribution in [-0.2, 0) is 6.18 Å². The Morgan fingerprint density at radius 2 is 1.63 bits per heavy atom. The molecule has 0 radical (unpaired) electrons. The van der Waals surface area contributed by atoms with E-state index in [2.05, 4.69) is 9.72 Å². The van der Waals surface area contributed by atoms with E-state index in [1.54, 1.807) is 0 Å². The smallest absolute Gasteiger partial charge is 0.403 e. The molecule has 0 amide bonds.